The number of aliphatic hydroxyl groups is 2. The fourth-order valence-electron chi connectivity index (χ4n) is 1.48. The highest BCUT2D eigenvalue weighted by Gasteiger charge is 2.14. The molecule has 2 heteroatoms. The maximum atomic E-state index is 9.61. The minimum Gasteiger partial charge on any atom is -0.393 e. The molecule has 0 aliphatic rings. The van der Waals surface area contributed by atoms with Crippen LogP contribution in [0.2, 0.25) is 0 Å². The third-order valence-electron chi connectivity index (χ3n) is 2.67. The van der Waals surface area contributed by atoms with Crippen LogP contribution in [-0.2, 0) is 0 Å². The summed E-state index contributed by atoms with van der Waals surface area (Å²) in [5, 5.41) is 19.1. The topological polar surface area (TPSA) is 40.5 Å². The quantitative estimate of drug-likeness (QED) is 0.594. The van der Waals surface area contributed by atoms with Gasteiger partial charge in [-0.1, -0.05) is 46.5 Å². The molecule has 14 heavy (non-hydrogen) atoms. The molecule has 0 aliphatic carbocycles. The number of hydrogen-bond acceptors (Lipinski definition) is 2. The molecule has 0 aliphatic heterocycles. The van der Waals surface area contributed by atoms with Crippen molar-refractivity contribution in [1.29, 1.82) is 0 Å². The van der Waals surface area contributed by atoms with Gasteiger partial charge in [0.05, 0.1) is 12.2 Å². The summed E-state index contributed by atoms with van der Waals surface area (Å²) in [4.78, 5) is 0. The highest BCUT2D eigenvalue weighted by Crippen LogP contribution is 2.13. The molecule has 0 rings (SSSR count). The average Bonchev–Trinajstić information content (AvgIpc) is 2.12. The second-order valence-electron chi connectivity index (χ2n) is 4.55. The lowest BCUT2D eigenvalue weighted by Crippen LogP contribution is -2.22. The van der Waals surface area contributed by atoms with Crippen molar-refractivity contribution in [2.75, 3.05) is 0 Å². The molecule has 2 N–H and O–H groups in total. The van der Waals surface area contributed by atoms with E-state index in [2.05, 4.69) is 6.92 Å². The molecule has 2 nitrogen and oxygen atoms in total. The predicted molar refractivity (Wildman–Crippen MR) is 60.2 cm³/mol. The molecular formula is C12H26O2. The molecular weight excluding hydrogens is 176 g/mol. The van der Waals surface area contributed by atoms with Crippen LogP contribution >= 0.6 is 0 Å². The van der Waals surface area contributed by atoms with Crippen LogP contribution in [0.1, 0.15) is 59.3 Å². The summed E-state index contributed by atoms with van der Waals surface area (Å²) in [5.74, 6) is 0.250. The SMILES string of the molecule is CCCCCC[C@H](O)C[C@H](O)C(C)C. The zero-order chi connectivity index (χ0) is 11.0. The van der Waals surface area contributed by atoms with Gasteiger partial charge in [0.15, 0.2) is 0 Å². The monoisotopic (exact) mass is 202 g/mol. The molecule has 0 saturated heterocycles. The van der Waals surface area contributed by atoms with Gasteiger partial charge < -0.3 is 10.2 Å². The molecule has 2 atom stereocenters. The normalized spacial score (nSPS) is 15.9. The summed E-state index contributed by atoms with van der Waals surface area (Å²) in [6, 6.07) is 0. The van der Waals surface area contributed by atoms with Crippen LogP contribution in [0, 0.1) is 5.92 Å². The van der Waals surface area contributed by atoms with Crippen molar-refractivity contribution in [2.24, 2.45) is 5.92 Å². The van der Waals surface area contributed by atoms with Gasteiger partial charge in [0.1, 0.15) is 0 Å². The number of hydrogen-bond donors (Lipinski definition) is 2. The first-order valence-electron chi connectivity index (χ1n) is 5.94. The standard InChI is InChI=1S/C12H26O2/c1-4-5-6-7-8-11(13)9-12(14)10(2)3/h10-14H,4-9H2,1-3H3/t11-,12-/m0/s1. The molecule has 0 spiro atoms. The van der Waals surface area contributed by atoms with Crippen molar-refractivity contribution in [3.05, 3.63) is 0 Å². The Morgan fingerprint density at radius 1 is 1.00 bits per heavy atom. The summed E-state index contributed by atoms with van der Waals surface area (Å²) >= 11 is 0. The van der Waals surface area contributed by atoms with Crippen molar-refractivity contribution in [1.82, 2.24) is 0 Å². The molecule has 86 valence electrons. The maximum absolute atomic E-state index is 9.61. The fraction of sp³-hybridized carbons (Fsp3) is 1.00. The number of unbranched alkanes of at least 4 members (excludes halogenated alkanes) is 3. The lowest BCUT2D eigenvalue weighted by atomic mass is 9.98. The zero-order valence-corrected chi connectivity index (χ0v) is 9.87. The molecule has 0 aromatic carbocycles. The smallest absolute Gasteiger partial charge is 0.0587 e. The van der Waals surface area contributed by atoms with E-state index in [1.807, 2.05) is 13.8 Å². The first kappa shape index (κ1) is 13.9. The Kier molecular flexibility index (Phi) is 8.20. The molecule has 0 amide bonds. The minimum atomic E-state index is -0.351. The molecule has 0 bridgehead atoms. The van der Waals surface area contributed by atoms with Crippen LogP contribution in [0.5, 0.6) is 0 Å². The van der Waals surface area contributed by atoms with Gasteiger partial charge in [0.2, 0.25) is 0 Å². The number of rotatable bonds is 8. The van der Waals surface area contributed by atoms with Gasteiger partial charge in [-0.2, -0.15) is 0 Å². The van der Waals surface area contributed by atoms with Crippen LogP contribution in [0.3, 0.4) is 0 Å². The molecule has 0 aromatic rings. The van der Waals surface area contributed by atoms with Crippen molar-refractivity contribution in [3.63, 3.8) is 0 Å². The van der Waals surface area contributed by atoms with E-state index in [-0.39, 0.29) is 18.1 Å². The van der Waals surface area contributed by atoms with E-state index in [4.69, 9.17) is 0 Å². The van der Waals surface area contributed by atoms with Gasteiger partial charge in [-0.25, -0.2) is 0 Å². The van der Waals surface area contributed by atoms with Gasteiger partial charge in [-0.15, -0.1) is 0 Å². The summed E-state index contributed by atoms with van der Waals surface area (Å²) in [6.07, 6.45) is 5.46. The molecule has 0 aromatic heterocycles. The lowest BCUT2D eigenvalue weighted by Gasteiger charge is -2.18. The van der Waals surface area contributed by atoms with Gasteiger partial charge in [0, 0.05) is 0 Å². The summed E-state index contributed by atoms with van der Waals surface area (Å²) in [6.45, 7) is 6.14. The summed E-state index contributed by atoms with van der Waals surface area (Å²) in [5.41, 5.74) is 0. The second-order valence-corrected chi connectivity index (χ2v) is 4.55. The molecule has 0 fully saturated rings. The van der Waals surface area contributed by atoms with E-state index in [0.717, 1.165) is 12.8 Å². The van der Waals surface area contributed by atoms with E-state index in [1.165, 1.54) is 19.3 Å². The first-order chi connectivity index (χ1) is 6.57. The van der Waals surface area contributed by atoms with Crippen LogP contribution in [0.4, 0.5) is 0 Å². The largest absolute Gasteiger partial charge is 0.393 e. The zero-order valence-electron chi connectivity index (χ0n) is 9.87. The first-order valence-corrected chi connectivity index (χ1v) is 5.94. The Morgan fingerprint density at radius 2 is 1.64 bits per heavy atom. The highest BCUT2D eigenvalue weighted by molar-refractivity contribution is 4.66. The van der Waals surface area contributed by atoms with Crippen molar-refractivity contribution < 1.29 is 10.2 Å². The van der Waals surface area contributed by atoms with E-state index < -0.39 is 0 Å². The van der Waals surface area contributed by atoms with E-state index in [9.17, 15) is 10.2 Å². The second kappa shape index (κ2) is 8.25. The maximum Gasteiger partial charge on any atom is 0.0587 e. The fourth-order valence-corrected chi connectivity index (χ4v) is 1.48. The predicted octanol–water partition coefficient (Wildman–Crippen LogP) is 2.72. The lowest BCUT2D eigenvalue weighted by molar-refractivity contribution is 0.0488. The Bertz CT molecular complexity index is 123. The number of aliphatic hydroxyl groups excluding tert-OH is 2. The molecule has 0 radical (unpaired) electrons. The van der Waals surface area contributed by atoms with Crippen LogP contribution in [0.25, 0.3) is 0 Å². The Labute approximate surface area is 88.3 Å². The molecule has 0 saturated carbocycles. The van der Waals surface area contributed by atoms with Gasteiger partial charge in [-0.3, -0.25) is 0 Å². The van der Waals surface area contributed by atoms with Gasteiger partial charge in [-0.05, 0) is 18.8 Å². The van der Waals surface area contributed by atoms with Crippen molar-refractivity contribution >= 4 is 0 Å². The van der Waals surface area contributed by atoms with Crippen molar-refractivity contribution in [2.45, 2.75) is 71.5 Å². The summed E-state index contributed by atoms with van der Waals surface area (Å²) < 4.78 is 0. The average molecular weight is 202 g/mol. The Balaban J connectivity index is 3.40. The van der Waals surface area contributed by atoms with E-state index in [1.54, 1.807) is 0 Å². The van der Waals surface area contributed by atoms with Crippen LogP contribution < -0.4 is 0 Å². The highest BCUT2D eigenvalue weighted by atomic mass is 16.3. The van der Waals surface area contributed by atoms with Gasteiger partial charge in [0.25, 0.3) is 0 Å². The summed E-state index contributed by atoms with van der Waals surface area (Å²) in [7, 11) is 0. The van der Waals surface area contributed by atoms with Gasteiger partial charge >= 0.3 is 0 Å². The molecule has 0 unspecified atom stereocenters. The van der Waals surface area contributed by atoms with Crippen LogP contribution in [0.15, 0.2) is 0 Å². The van der Waals surface area contributed by atoms with Crippen LogP contribution in [-0.4, -0.2) is 22.4 Å². The molecule has 0 heterocycles. The minimum absolute atomic E-state index is 0.250. The Hall–Kier alpha value is -0.0800. The van der Waals surface area contributed by atoms with E-state index >= 15 is 0 Å². The van der Waals surface area contributed by atoms with Crippen molar-refractivity contribution in [3.8, 4) is 0 Å². The third-order valence-corrected chi connectivity index (χ3v) is 2.67. The Morgan fingerprint density at radius 3 is 2.14 bits per heavy atom. The third kappa shape index (κ3) is 7.34. The van der Waals surface area contributed by atoms with E-state index in [0.29, 0.717) is 6.42 Å².